The van der Waals surface area contributed by atoms with Crippen LogP contribution in [-0.2, 0) is 4.74 Å². The first-order valence-electron chi connectivity index (χ1n) is 10.1. The maximum atomic E-state index is 14.5. The summed E-state index contributed by atoms with van der Waals surface area (Å²) in [5, 5.41) is 3.57. The molecule has 0 radical (unpaired) electrons. The van der Waals surface area contributed by atoms with Gasteiger partial charge < -0.3 is 14.8 Å². The molecule has 2 aromatic carbocycles. The third-order valence-electron chi connectivity index (χ3n) is 6.31. The molecule has 1 aromatic heterocycles. The van der Waals surface area contributed by atoms with E-state index in [1.807, 2.05) is 14.0 Å². The van der Waals surface area contributed by atoms with E-state index in [-0.39, 0.29) is 16.8 Å². The third kappa shape index (κ3) is 3.11. The number of nitrogens with one attached hydrogen (secondary N) is 1. The van der Waals surface area contributed by atoms with Gasteiger partial charge in [0.2, 0.25) is 0 Å². The van der Waals surface area contributed by atoms with Crippen molar-refractivity contribution >= 4 is 45.8 Å². The molecule has 5 rings (SSSR count). The number of ether oxygens (including phenoxy) is 2. The molecule has 1 N–H and O–H groups in total. The number of anilines is 3. The van der Waals surface area contributed by atoms with Crippen molar-refractivity contribution in [3.05, 3.63) is 47.5 Å². The number of likely N-dealkylation sites (N-methyl/N-ethyl adjacent to an activating group) is 1. The fourth-order valence-electron chi connectivity index (χ4n) is 4.33. The van der Waals surface area contributed by atoms with E-state index in [2.05, 4.69) is 20.2 Å². The molecular weight excluding hydrogens is 437 g/mol. The SMILES string of the molecule is COc1cc2ncnc(Nc3cccc(Cl)c3F)c2cc1N1CC2(CN(C)[C@H]2C)OC1=O. The molecular formula is C22H21ClFN5O3. The summed E-state index contributed by atoms with van der Waals surface area (Å²) in [6.45, 7) is 3.10. The smallest absolute Gasteiger partial charge is 0.415 e. The summed E-state index contributed by atoms with van der Waals surface area (Å²) in [6, 6.07) is 8.26. The Morgan fingerprint density at radius 3 is 2.84 bits per heavy atom. The van der Waals surface area contributed by atoms with Crippen molar-refractivity contribution in [1.82, 2.24) is 14.9 Å². The molecule has 1 amide bonds. The molecule has 0 bridgehead atoms. The van der Waals surface area contributed by atoms with Crippen LogP contribution in [0.2, 0.25) is 5.02 Å². The van der Waals surface area contributed by atoms with E-state index in [9.17, 15) is 9.18 Å². The molecule has 2 atom stereocenters. The summed E-state index contributed by atoms with van der Waals surface area (Å²) in [6.07, 6.45) is 0.937. The predicted octanol–water partition coefficient (Wildman–Crippen LogP) is 4.20. The molecule has 10 heteroatoms. The number of rotatable bonds is 4. The number of carbonyl (C=O) groups excluding carboxylic acids is 1. The first-order chi connectivity index (χ1) is 15.3. The molecule has 166 valence electrons. The van der Waals surface area contributed by atoms with E-state index in [0.29, 0.717) is 41.2 Å². The fourth-order valence-corrected chi connectivity index (χ4v) is 4.51. The van der Waals surface area contributed by atoms with Gasteiger partial charge in [-0.3, -0.25) is 9.80 Å². The van der Waals surface area contributed by atoms with Crippen LogP contribution in [0.4, 0.5) is 26.4 Å². The predicted molar refractivity (Wildman–Crippen MR) is 119 cm³/mol. The molecule has 0 saturated carbocycles. The second-order valence-electron chi connectivity index (χ2n) is 8.10. The quantitative estimate of drug-likeness (QED) is 0.628. The summed E-state index contributed by atoms with van der Waals surface area (Å²) in [4.78, 5) is 25.1. The van der Waals surface area contributed by atoms with Crippen molar-refractivity contribution in [2.75, 3.05) is 37.5 Å². The molecule has 2 aliphatic heterocycles. The number of aromatic nitrogens is 2. The number of hydrogen-bond donors (Lipinski definition) is 1. The monoisotopic (exact) mass is 457 g/mol. The number of likely N-dealkylation sites (tertiary alicyclic amines) is 1. The van der Waals surface area contributed by atoms with Crippen molar-refractivity contribution in [2.24, 2.45) is 0 Å². The highest BCUT2D eigenvalue weighted by Gasteiger charge is 2.58. The van der Waals surface area contributed by atoms with Crippen LogP contribution in [0.25, 0.3) is 10.9 Å². The normalized spacial score (nSPS) is 22.8. The molecule has 1 unspecified atom stereocenters. The average Bonchev–Trinajstić information content (AvgIpc) is 3.14. The van der Waals surface area contributed by atoms with Gasteiger partial charge in [-0.05, 0) is 32.2 Å². The minimum Gasteiger partial charge on any atom is -0.494 e. The Hall–Kier alpha value is -3.17. The largest absolute Gasteiger partial charge is 0.494 e. The van der Waals surface area contributed by atoms with Crippen LogP contribution in [0.15, 0.2) is 36.7 Å². The highest BCUT2D eigenvalue weighted by molar-refractivity contribution is 6.31. The summed E-state index contributed by atoms with van der Waals surface area (Å²) in [5.74, 6) is 0.271. The Balaban J connectivity index is 1.57. The van der Waals surface area contributed by atoms with Crippen molar-refractivity contribution in [2.45, 2.75) is 18.6 Å². The Kier molecular flexibility index (Phi) is 4.83. The van der Waals surface area contributed by atoms with Crippen LogP contribution >= 0.6 is 11.6 Å². The van der Waals surface area contributed by atoms with Crippen LogP contribution in [0.5, 0.6) is 5.75 Å². The van der Waals surface area contributed by atoms with Crippen molar-refractivity contribution in [1.29, 1.82) is 0 Å². The van der Waals surface area contributed by atoms with Crippen molar-refractivity contribution < 1.29 is 18.7 Å². The first-order valence-corrected chi connectivity index (χ1v) is 10.5. The zero-order valence-electron chi connectivity index (χ0n) is 17.7. The highest BCUT2D eigenvalue weighted by atomic mass is 35.5. The van der Waals surface area contributed by atoms with Crippen LogP contribution in [0, 0.1) is 5.82 Å². The number of amides is 1. The van der Waals surface area contributed by atoms with Gasteiger partial charge in [0.1, 0.15) is 17.9 Å². The van der Waals surface area contributed by atoms with E-state index < -0.39 is 17.5 Å². The number of carbonyl (C=O) groups is 1. The standard InChI is InChI=1S/C22H21ClFN5O3/c1-12-22(9-28(12)2)10-29(21(30)32-22)17-7-13-16(8-18(17)31-3)25-11-26-20(13)27-15-6-4-5-14(23)19(15)24/h4-8,11-12H,9-10H2,1-3H3,(H,25,26,27)/t12-,22?/m0/s1. The number of methoxy groups -OCH3 is 1. The van der Waals surface area contributed by atoms with E-state index in [1.54, 1.807) is 29.2 Å². The minimum atomic E-state index is -0.581. The van der Waals surface area contributed by atoms with Gasteiger partial charge in [-0.2, -0.15) is 0 Å². The maximum absolute atomic E-state index is 14.5. The Bertz CT molecular complexity index is 1240. The molecule has 2 saturated heterocycles. The second-order valence-corrected chi connectivity index (χ2v) is 8.51. The lowest BCUT2D eigenvalue weighted by molar-refractivity contribution is -0.108. The van der Waals surface area contributed by atoms with E-state index in [0.717, 1.165) is 0 Å². The summed E-state index contributed by atoms with van der Waals surface area (Å²) in [7, 11) is 3.52. The number of nitrogens with zero attached hydrogens (tertiary/aromatic N) is 4. The molecule has 8 nitrogen and oxygen atoms in total. The highest BCUT2D eigenvalue weighted by Crippen LogP contribution is 2.43. The summed E-state index contributed by atoms with van der Waals surface area (Å²) < 4.78 is 25.8. The Morgan fingerprint density at radius 1 is 1.31 bits per heavy atom. The first kappa shape index (κ1) is 20.7. The van der Waals surface area contributed by atoms with Crippen molar-refractivity contribution in [3.63, 3.8) is 0 Å². The minimum absolute atomic E-state index is 0.000386. The van der Waals surface area contributed by atoms with Gasteiger partial charge in [0.15, 0.2) is 11.4 Å². The Morgan fingerprint density at radius 2 is 2.12 bits per heavy atom. The number of halogens is 2. The molecule has 3 aromatic rings. The number of hydrogen-bond acceptors (Lipinski definition) is 7. The van der Waals surface area contributed by atoms with Gasteiger partial charge in [-0.1, -0.05) is 17.7 Å². The average molecular weight is 458 g/mol. The van der Waals surface area contributed by atoms with Crippen molar-refractivity contribution in [3.8, 4) is 5.75 Å². The lowest BCUT2D eigenvalue weighted by atomic mass is 9.85. The van der Waals surface area contributed by atoms with Crippen LogP contribution in [-0.4, -0.2) is 59.9 Å². The number of benzene rings is 2. The van der Waals surface area contributed by atoms with Gasteiger partial charge >= 0.3 is 6.09 Å². The molecule has 2 fully saturated rings. The van der Waals surface area contributed by atoms with Gasteiger partial charge in [-0.15, -0.1) is 0 Å². The van der Waals surface area contributed by atoms with Crippen LogP contribution in [0.3, 0.4) is 0 Å². The summed E-state index contributed by atoms with van der Waals surface area (Å²) in [5.41, 5.74) is 0.739. The Labute approximate surface area is 188 Å². The second kappa shape index (κ2) is 7.46. The van der Waals surface area contributed by atoms with Gasteiger partial charge in [0.05, 0.1) is 35.6 Å². The zero-order chi connectivity index (χ0) is 22.6. The van der Waals surface area contributed by atoms with Gasteiger partial charge in [0.25, 0.3) is 0 Å². The van der Waals surface area contributed by atoms with E-state index >= 15 is 0 Å². The zero-order valence-corrected chi connectivity index (χ0v) is 18.5. The van der Waals surface area contributed by atoms with Crippen LogP contribution in [0.1, 0.15) is 6.92 Å². The molecule has 32 heavy (non-hydrogen) atoms. The maximum Gasteiger partial charge on any atom is 0.415 e. The molecule has 2 aliphatic rings. The lowest BCUT2D eigenvalue weighted by Crippen LogP contribution is -2.68. The van der Waals surface area contributed by atoms with Gasteiger partial charge in [0, 0.05) is 24.0 Å². The molecule has 3 heterocycles. The molecule has 0 aliphatic carbocycles. The van der Waals surface area contributed by atoms with E-state index in [4.69, 9.17) is 21.1 Å². The molecule has 1 spiro atoms. The number of fused-ring (bicyclic) bond motifs is 1. The topological polar surface area (TPSA) is 79.8 Å². The van der Waals surface area contributed by atoms with E-state index in [1.165, 1.54) is 19.5 Å². The summed E-state index contributed by atoms with van der Waals surface area (Å²) >= 11 is 5.91. The fraction of sp³-hybridized carbons (Fsp3) is 0.318. The van der Waals surface area contributed by atoms with Crippen LogP contribution < -0.4 is 15.0 Å². The third-order valence-corrected chi connectivity index (χ3v) is 6.60. The lowest BCUT2D eigenvalue weighted by Gasteiger charge is -2.50. The van der Waals surface area contributed by atoms with Gasteiger partial charge in [-0.25, -0.2) is 19.2 Å².